The van der Waals surface area contributed by atoms with Gasteiger partial charge in [0.15, 0.2) is 18.1 Å². The Morgan fingerprint density at radius 3 is 2.42 bits per heavy atom. The number of aryl methyl sites for hydroxylation is 1. The lowest BCUT2D eigenvalue weighted by Crippen LogP contribution is -2.35. The quantitative estimate of drug-likeness (QED) is 0.288. The highest BCUT2D eigenvalue weighted by molar-refractivity contribution is 9.13. The number of carbonyl (C=O) groups excluding carboxylic acids is 3. The Bertz CT molecular complexity index is 1360. The monoisotopic (exact) mass is 613 g/mol. The minimum absolute atomic E-state index is 0.0420. The molecule has 1 heterocycles. The number of benzene rings is 3. The molecule has 184 valence electrons. The SMILES string of the molecule is COc1cc(/C=C2/C(=O)NN(c3ccccc3)C2=O)c(Br)c(Br)c1OCC(=O)Nc1ccc(C)cc1. The Morgan fingerprint density at radius 2 is 1.75 bits per heavy atom. The van der Waals surface area contributed by atoms with Crippen molar-refractivity contribution < 1.29 is 23.9 Å². The Labute approximate surface area is 224 Å². The molecule has 3 aromatic rings. The predicted molar refractivity (Wildman–Crippen MR) is 144 cm³/mol. The lowest BCUT2D eigenvalue weighted by atomic mass is 10.1. The van der Waals surface area contributed by atoms with Crippen LogP contribution >= 0.6 is 31.9 Å². The van der Waals surface area contributed by atoms with Crippen molar-refractivity contribution in [1.82, 2.24) is 5.43 Å². The molecule has 1 aliphatic heterocycles. The number of methoxy groups -OCH3 is 1. The van der Waals surface area contributed by atoms with E-state index in [9.17, 15) is 14.4 Å². The topological polar surface area (TPSA) is 97.0 Å². The van der Waals surface area contributed by atoms with Crippen LogP contribution in [0.2, 0.25) is 0 Å². The van der Waals surface area contributed by atoms with Crippen molar-refractivity contribution in [3.8, 4) is 11.5 Å². The number of carbonyl (C=O) groups is 3. The maximum Gasteiger partial charge on any atom is 0.282 e. The van der Waals surface area contributed by atoms with Crippen LogP contribution in [0.4, 0.5) is 11.4 Å². The molecule has 1 aliphatic rings. The average molecular weight is 615 g/mol. The Balaban J connectivity index is 1.55. The molecular weight excluding hydrogens is 594 g/mol. The second kappa shape index (κ2) is 11.0. The minimum Gasteiger partial charge on any atom is -0.493 e. The normalized spacial score (nSPS) is 14.1. The number of hydrazine groups is 1. The van der Waals surface area contributed by atoms with E-state index in [4.69, 9.17) is 9.47 Å². The number of rotatable bonds is 7. The number of nitrogens with one attached hydrogen (secondary N) is 2. The molecule has 1 fully saturated rings. The van der Waals surface area contributed by atoms with E-state index in [0.29, 0.717) is 37.4 Å². The second-order valence-corrected chi connectivity index (χ2v) is 9.39. The van der Waals surface area contributed by atoms with Crippen LogP contribution in [0, 0.1) is 6.92 Å². The summed E-state index contributed by atoms with van der Waals surface area (Å²) in [6, 6.07) is 17.8. The molecule has 0 atom stereocenters. The molecule has 1 saturated heterocycles. The fourth-order valence-electron chi connectivity index (χ4n) is 3.44. The molecular formula is C26H21Br2N3O5. The van der Waals surface area contributed by atoms with E-state index in [1.807, 2.05) is 37.3 Å². The maximum absolute atomic E-state index is 12.9. The van der Waals surface area contributed by atoms with Crippen LogP contribution in [-0.4, -0.2) is 31.4 Å². The first-order valence-corrected chi connectivity index (χ1v) is 12.3. The summed E-state index contributed by atoms with van der Waals surface area (Å²) in [6.45, 7) is 1.70. The summed E-state index contributed by atoms with van der Waals surface area (Å²) in [4.78, 5) is 37.9. The van der Waals surface area contributed by atoms with Crippen molar-refractivity contribution in [2.75, 3.05) is 24.0 Å². The van der Waals surface area contributed by atoms with Gasteiger partial charge in [-0.15, -0.1) is 0 Å². The van der Waals surface area contributed by atoms with Crippen LogP contribution in [0.15, 0.2) is 75.2 Å². The summed E-state index contributed by atoms with van der Waals surface area (Å²) in [5.41, 5.74) is 5.32. The zero-order valence-electron chi connectivity index (χ0n) is 19.3. The Kier molecular flexibility index (Phi) is 7.76. The molecule has 4 rings (SSSR count). The smallest absolute Gasteiger partial charge is 0.282 e. The summed E-state index contributed by atoms with van der Waals surface area (Å²) < 4.78 is 12.2. The minimum atomic E-state index is -0.529. The van der Waals surface area contributed by atoms with Crippen LogP contribution in [0.25, 0.3) is 6.08 Å². The van der Waals surface area contributed by atoms with E-state index in [0.717, 1.165) is 5.56 Å². The molecule has 8 nitrogen and oxygen atoms in total. The van der Waals surface area contributed by atoms with E-state index >= 15 is 0 Å². The van der Waals surface area contributed by atoms with Gasteiger partial charge in [-0.3, -0.25) is 19.8 Å². The van der Waals surface area contributed by atoms with Crippen LogP contribution in [0.1, 0.15) is 11.1 Å². The number of amides is 3. The van der Waals surface area contributed by atoms with Gasteiger partial charge in [0.05, 0.1) is 17.3 Å². The molecule has 0 saturated carbocycles. The molecule has 0 bridgehead atoms. The Morgan fingerprint density at radius 1 is 1.06 bits per heavy atom. The van der Waals surface area contributed by atoms with E-state index in [1.165, 1.54) is 18.2 Å². The summed E-state index contributed by atoms with van der Waals surface area (Å²) >= 11 is 6.95. The van der Waals surface area contributed by atoms with Crippen molar-refractivity contribution in [2.24, 2.45) is 0 Å². The van der Waals surface area contributed by atoms with E-state index in [1.54, 1.807) is 30.3 Å². The number of para-hydroxylation sites is 1. The highest BCUT2D eigenvalue weighted by Gasteiger charge is 2.34. The molecule has 10 heteroatoms. The van der Waals surface area contributed by atoms with Crippen molar-refractivity contribution in [2.45, 2.75) is 6.92 Å². The van der Waals surface area contributed by atoms with Gasteiger partial charge in [-0.25, -0.2) is 5.01 Å². The zero-order chi connectivity index (χ0) is 25.8. The van der Waals surface area contributed by atoms with E-state index in [-0.39, 0.29) is 18.1 Å². The highest BCUT2D eigenvalue weighted by atomic mass is 79.9. The van der Waals surface area contributed by atoms with Crippen molar-refractivity contribution >= 4 is 67.0 Å². The number of anilines is 2. The molecule has 2 N–H and O–H groups in total. The fraction of sp³-hybridized carbons (Fsp3) is 0.115. The number of halogens is 2. The van der Waals surface area contributed by atoms with E-state index < -0.39 is 11.8 Å². The van der Waals surface area contributed by atoms with Crippen molar-refractivity contribution in [3.63, 3.8) is 0 Å². The molecule has 0 spiro atoms. The first-order chi connectivity index (χ1) is 17.3. The average Bonchev–Trinajstić information content (AvgIpc) is 3.16. The lowest BCUT2D eigenvalue weighted by Gasteiger charge is -2.16. The van der Waals surface area contributed by atoms with Crippen molar-refractivity contribution in [1.29, 1.82) is 0 Å². The third-order valence-corrected chi connectivity index (χ3v) is 7.41. The second-order valence-electron chi connectivity index (χ2n) is 7.80. The standard InChI is InChI=1S/C26H21Br2N3O5/c1-15-8-10-17(11-9-15)29-21(32)14-36-24-20(35-2)13-16(22(27)23(24)28)12-19-25(33)30-31(26(19)34)18-6-4-3-5-7-18/h3-13H,14H2,1-2H3,(H,29,32)(H,30,33)/b19-12-. The van der Waals surface area contributed by atoms with Gasteiger partial charge < -0.3 is 14.8 Å². The number of hydrogen-bond acceptors (Lipinski definition) is 5. The summed E-state index contributed by atoms with van der Waals surface area (Å²) in [5, 5.41) is 3.96. The molecule has 0 aromatic heterocycles. The summed E-state index contributed by atoms with van der Waals surface area (Å²) in [7, 11) is 1.45. The highest BCUT2D eigenvalue weighted by Crippen LogP contribution is 2.43. The molecule has 0 aliphatic carbocycles. The van der Waals surface area contributed by atoms with Crippen LogP contribution in [0.5, 0.6) is 11.5 Å². The predicted octanol–water partition coefficient (Wildman–Crippen LogP) is 5.01. The van der Waals surface area contributed by atoms with Gasteiger partial charge in [0, 0.05) is 10.2 Å². The van der Waals surface area contributed by atoms with Crippen molar-refractivity contribution in [3.05, 3.63) is 86.3 Å². The third kappa shape index (κ3) is 5.44. The number of hydrogen-bond donors (Lipinski definition) is 2. The van der Waals surface area contributed by atoms with Crippen LogP contribution in [-0.2, 0) is 14.4 Å². The van der Waals surface area contributed by atoms with Gasteiger partial charge >= 0.3 is 0 Å². The first kappa shape index (κ1) is 25.5. The molecule has 3 aromatic carbocycles. The lowest BCUT2D eigenvalue weighted by molar-refractivity contribution is -0.118. The molecule has 0 unspecified atom stereocenters. The van der Waals surface area contributed by atoms with Crippen LogP contribution < -0.4 is 25.2 Å². The third-order valence-electron chi connectivity index (χ3n) is 5.26. The van der Waals surface area contributed by atoms with Gasteiger partial charge in [0.1, 0.15) is 5.57 Å². The van der Waals surface area contributed by atoms with Gasteiger partial charge in [0.25, 0.3) is 17.7 Å². The zero-order valence-corrected chi connectivity index (χ0v) is 22.5. The van der Waals surface area contributed by atoms with E-state index in [2.05, 4.69) is 42.6 Å². The number of ether oxygens (including phenoxy) is 2. The van der Waals surface area contributed by atoms with Gasteiger partial charge in [0.2, 0.25) is 0 Å². The Hall–Kier alpha value is -3.63. The molecule has 3 amide bonds. The largest absolute Gasteiger partial charge is 0.493 e. The fourth-order valence-corrected chi connectivity index (χ4v) is 4.39. The molecule has 0 radical (unpaired) electrons. The van der Waals surface area contributed by atoms with Crippen LogP contribution in [0.3, 0.4) is 0 Å². The summed E-state index contributed by atoms with van der Waals surface area (Å²) in [5.74, 6) is -0.755. The number of nitrogens with zero attached hydrogens (tertiary/aromatic N) is 1. The first-order valence-electron chi connectivity index (χ1n) is 10.8. The molecule has 36 heavy (non-hydrogen) atoms. The maximum atomic E-state index is 12.9. The van der Waals surface area contributed by atoms with Gasteiger partial charge in [-0.2, -0.15) is 0 Å². The van der Waals surface area contributed by atoms with Gasteiger partial charge in [-0.05, 0) is 80.8 Å². The van der Waals surface area contributed by atoms with Gasteiger partial charge in [-0.1, -0.05) is 35.9 Å². The summed E-state index contributed by atoms with van der Waals surface area (Å²) in [6.07, 6.45) is 1.46.